The molecule has 2 heterocycles. The summed E-state index contributed by atoms with van der Waals surface area (Å²) in [6, 6.07) is 47.3. The van der Waals surface area contributed by atoms with Crippen LogP contribution in [-0.4, -0.2) is 15.9 Å². The molecule has 2 atom stereocenters. The van der Waals surface area contributed by atoms with Crippen molar-refractivity contribution < 1.29 is 15.6 Å². The number of pyridine rings is 2. The van der Waals surface area contributed by atoms with Gasteiger partial charge >= 0.3 is 294 Å². The SMILES string of the molecule is CC1=Cc2c(-c3ccccn3)cccc2[CH]1[Zr]([Cl])([Cl])([CH]1C(C)=Cc2c(-c3ccccn3)cccc21)[SiH](c1ccccc1)c1ccccc1. The van der Waals surface area contributed by atoms with Gasteiger partial charge in [0.25, 0.3) is 0 Å². The summed E-state index contributed by atoms with van der Waals surface area (Å²) in [6.07, 6.45) is 8.43. The third-order valence-electron chi connectivity index (χ3n) is 10.4. The summed E-state index contributed by atoms with van der Waals surface area (Å²) in [4.78, 5) is 9.52. The summed E-state index contributed by atoms with van der Waals surface area (Å²) in [5.74, 6) is -2.35. The van der Waals surface area contributed by atoms with Crippen LogP contribution < -0.4 is 10.4 Å². The normalized spacial score (nSPS) is 17.6. The second kappa shape index (κ2) is 12.3. The van der Waals surface area contributed by atoms with Gasteiger partial charge < -0.3 is 0 Å². The number of nitrogens with zero attached hydrogens (tertiary/aromatic N) is 2. The van der Waals surface area contributed by atoms with Crippen LogP contribution in [0.4, 0.5) is 0 Å². The molecule has 2 aliphatic carbocycles. The van der Waals surface area contributed by atoms with E-state index in [1.54, 1.807) is 0 Å². The molecule has 235 valence electrons. The molecule has 4 aromatic carbocycles. The Hall–Kier alpha value is -3.66. The van der Waals surface area contributed by atoms with Crippen LogP contribution in [0.25, 0.3) is 34.7 Å². The summed E-state index contributed by atoms with van der Waals surface area (Å²) in [5.41, 5.74) is 11.5. The molecule has 8 rings (SSSR count). The van der Waals surface area contributed by atoms with Crippen molar-refractivity contribution in [3.8, 4) is 22.5 Å². The van der Waals surface area contributed by atoms with Gasteiger partial charge in [0, 0.05) is 0 Å². The number of benzene rings is 4. The molecule has 0 spiro atoms. The Bertz CT molecular complexity index is 2050. The Balaban J connectivity index is 1.45. The first-order valence-corrected chi connectivity index (χ1v) is 31.6. The van der Waals surface area contributed by atoms with E-state index < -0.39 is 21.5 Å². The van der Waals surface area contributed by atoms with E-state index in [9.17, 15) is 0 Å². The number of hydrogen-bond acceptors (Lipinski definition) is 2. The molecule has 0 saturated carbocycles. The van der Waals surface area contributed by atoms with Crippen LogP contribution in [0.2, 0.25) is 0 Å². The Kier molecular flexibility index (Phi) is 8.13. The molecule has 0 radical (unpaired) electrons. The van der Waals surface area contributed by atoms with Crippen molar-refractivity contribution in [2.75, 3.05) is 0 Å². The molecule has 0 aliphatic heterocycles. The van der Waals surface area contributed by atoms with Gasteiger partial charge in [-0.1, -0.05) is 0 Å². The van der Waals surface area contributed by atoms with Crippen LogP contribution in [0.15, 0.2) is 157 Å². The molecule has 6 aromatic rings. The minimum absolute atomic E-state index is 0.0941. The Morgan fingerprint density at radius 3 is 1.31 bits per heavy atom. The minimum atomic E-state index is -5.38. The van der Waals surface area contributed by atoms with Crippen LogP contribution in [-0.2, 0) is 15.6 Å². The van der Waals surface area contributed by atoms with E-state index in [0.29, 0.717) is 0 Å². The average Bonchev–Trinajstić information content (AvgIpc) is 3.66. The van der Waals surface area contributed by atoms with Gasteiger partial charge in [0.2, 0.25) is 0 Å². The van der Waals surface area contributed by atoms with Crippen molar-refractivity contribution in [2.24, 2.45) is 0 Å². The summed E-state index contributed by atoms with van der Waals surface area (Å²) < 4.78 is -0.188. The Morgan fingerprint density at radius 1 is 0.500 bits per heavy atom. The summed E-state index contributed by atoms with van der Waals surface area (Å²) in [5, 5.41) is 2.59. The van der Waals surface area contributed by atoms with E-state index >= 15 is 0 Å². The average molecular weight is 758 g/mol. The maximum absolute atomic E-state index is 9.01. The van der Waals surface area contributed by atoms with Crippen molar-refractivity contribution in [3.63, 3.8) is 0 Å². The van der Waals surface area contributed by atoms with Crippen LogP contribution >= 0.6 is 17.0 Å². The third-order valence-corrected chi connectivity index (χ3v) is 52.7. The molecule has 2 aromatic heterocycles. The monoisotopic (exact) mass is 755 g/mol. The first kappa shape index (κ1) is 31.6. The van der Waals surface area contributed by atoms with E-state index in [1.807, 2.05) is 24.5 Å². The molecular formula is C42H35Cl2N2SiZr. The molecule has 0 saturated heterocycles. The van der Waals surface area contributed by atoms with Crippen LogP contribution in [0.5, 0.6) is 0 Å². The zero-order chi connectivity index (χ0) is 32.9. The number of fused-ring (bicyclic) bond motifs is 2. The molecule has 48 heavy (non-hydrogen) atoms. The molecule has 0 N–H and O–H groups in total. The van der Waals surface area contributed by atoms with Crippen LogP contribution in [0, 0.1) is 0 Å². The zero-order valence-electron chi connectivity index (χ0n) is 26.9. The van der Waals surface area contributed by atoms with E-state index in [-0.39, 0.29) is 7.25 Å². The fourth-order valence-electron chi connectivity index (χ4n) is 8.68. The Labute approximate surface area is 291 Å². The molecule has 0 amide bonds. The molecular weight excluding hydrogens is 723 g/mol. The predicted molar refractivity (Wildman–Crippen MR) is 203 cm³/mol. The zero-order valence-corrected chi connectivity index (χ0v) is 32.0. The van der Waals surface area contributed by atoms with Gasteiger partial charge in [0.05, 0.1) is 0 Å². The fourth-order valence-corrected chi connectivity index (χ4v) is 60.1. The molecule has 2 unspecified atom stereocenters. The van der Waals surface area contributed by atoms with Crippen LogP contribution in [0.3, 0.4) is 0 Å². The van der Waals surface area contributed by atoms with Gasteiger partial charge in [0.15, 0.2) is 0 Å². The molecule has 2 nitrogen and oxygen atoms in total. The third kappa shape index (κ3) is 5.00. The Morgan fingerprint density at radius 2 is 0.917 bits per heavy atom. The van der Waals surface area contributed by atoms with Crippen LogP contribution in [0.1, 0.15) is 43.4 Å². The first-order chi connectivity index (χ1) is 23.4. The number of hydrogen-bond donors (Lipinski definition) is 0. The van der Waals surface area contributed by atoms with Gasteiger partial charge in [0.1, 0.15) is 0 Å². The quantitative estimate of drug-likeness (QED) is 0.152. The summed E-state index contributed by atoms with van der Waals surface area (Å²) in [6.45, 7) is 4.51. The standard InChI is InChI=1S/2C15H12N.C12H11Si.2ClH.Zr/c2*1-11-9-12-5-4-6-13(14(12)10-11)15-7-2-3-8-16-15;1-3-7-11(8-4-1)13-12-9-5-2-6-10-12;;;/h2*2-10H,1H3;1-10,13H;2*1H;/q;;;;;+2/p-2. The van der Waals surface area contributed by atoms with E-state index in [0.717, 1.165) is 22.5 Å². The second-order valence-electron chi connectivity index (χ2n) is 13.2. The summed E-state index contributed by atoms with van der Waals surface area (Å²) >= 11 is -5.38. The van der Waals surface area contributed by atoms with Gasteiger partial charge in [-0.05, 0) is 0 Å². The first-order valence-electron chi connectivity index (χ1n) is 16.5. The van der Waals surface area contributed by atoms with E-state index in [4.69, 9.17) is 27.0 Å². The number of halogens is 2. The topological polar surface area (TPSA) is 25.8 Å². The van der Waals surface area contributed by atoms with Gasteiger partial charge in [-0.25, -0.2) is 0 Å². The molecule has 0 bridgehead atoms. The maximum atomic E-state index is 9.01. The summed E-state index contributed by atoms with van der Waals surface area (Å²) in [7, 11) is 18.0. The van der Waals surface area contributed by atoms with E-state index in [1.165, 1.54) is 43.8 Å². The number of rotatable bonds is 7. The van der Waals surface area contributed by atoms with Crippen molar-refractivity contribution in [1.29, 1.82) is 0 Å². The van der Waals surface area contributed by atoms with Crippen molar-refractivity contribution in [1.82, 2.24) is 9.97 Å². The van der Waals surface area contributed by atoms with Gasteiger partial charge in [-0.15, -0.1) is 0 Å². The van der Waals surface area contributed by atoms with Crippen molar-refractivity contribution in [3.05, 3.63) is 179 Å². The second-order valence-corrected chi connectivity index (χ2v) is 51.3. The molecule has 0 fully saturated rings. The molecule has 6 heteroatoms. The van der Waals surface area contributed by atoms with Gasteiger partial charge in [-0.2, -0.15) is 0 Å². The fraction of sp³-hybridized carbons (Fsp3) is 0.0952. The predicted octanol–water partition coefficient (Wildman–Crippen LogP) is 9.96. The number of aromatic nitrogens is 2. The number of allylic oxidation sites excluding steroid dienone is 2. The molecule has 2 aliphatic rings. The van der Waals surface area contributed by atoms with E-state index in [2.05, 4.69) is 147 Å². The van der Waals surface area contributed by atoms with Crippen molar-refractivity contribution in [2.45, 2.75) is 21.1 Å². The van der Waals surface area contributed by atoms with Crippen molar-refractivity contribution >= 4 is 45.5 Å². The van der Waals surface area contributed by atoms with Gasteiger partial charge in [-0.3, -0.25) is 0 Å².